The fourth-order valence-electron chi connectivity index (χ4n) is 3.93. The average molecular weight is 391 g/mol. The lowest BCUT2D eigenvalue weighted by Gasteiger charge is -2.10. The van der Waals surface area contributed by atoms with Crippen molar-refractivity contribution in [1.82, 2.24) is 0 Å². The number of aliphatic hydroxyl groups excluding tert-OH is 1. The summed E-state index contributed by atoms with van der Waals surface area (Å²) < 4.78 is 0. The second-order valence-electron chi connectivity index (χ2n) is 8.55. The van der Waals surface area contributed by atoms with E-state index < -0.39 is 6.10 Å². The number of hydrogen-bond acceptors (Lipinski definition) is 2. The number of aliphatic hydroxyl groups is 1. The molecular weight excluding hydrogens is 344 g/mol. The highest BCUT2D eigenvalue weighted by Gasteiger charge is 2.06. The zero-order valence-corrected chi connectivity index (χ0v) is 18.5. The summed E-state index contributed by atoms with van der Waals surface area (Å²) in [5.41, 5.74) is 0.911. The number of unbranched alkanes of at least 4 members (excludes halogenated alkanes) is 16. The highest BCUT2D eigenvalue weighted by Crippen LogP contribution is 2.22. The lowest BCUT2D eigenvalue weighted by molar-refractivity contribution is 0.163. The first-order valence-corrected chi connectivity index (χ1v) is 12.2. The van der Waals surface area contributed by atoms with Gasteiger partial charge in [-0.1, -0.05) is 128 Å². The highest BCUT2D eigenvalue weighted by molar-refractivity contribution is 5.27. The predicted octanol–water partition coefficient (Wildman–Crippen LogP) is 8.47. The maximum atomic E-state index is 10.2. The van der Waals surface area contributed by atoms with Crippen LogP contribution in [0.3, 0.4) is 0 Å². The van der Waals surface area contributed by atoms with Crippen LogP contribution >= 0.6 is 0 Å². The van der Waals surface area contributed by atoms with Crippen molar-refractivity contribution < 1.29 is 10.2 Å². The van der Waals surface area contributed by atoms with Crippen molar-refractivity contribution in [3.05, 3.63) is 29.8 Å². The Bertz CT molecular complexity index is 440. The lowest BCUT2D eigenvalue weighted by Crippen LogP contribution is -1.96. The minimum absolute atomic E-state index is 0.258. The summed E-state index contributed by atoms with van der Waals surface area (Å²) in [6, 6.07) is 6.92. The van der Waals surface area contributed by atoms with E-state index in [0.717, 1.165) is 18.4 Å². The number of hydrogen-bond donors (Lipinski definition) is 2. The van der Waals surface area contributed by atoms with Crippen LogP contribution in [-0.2, 0) is 0 Å². The van der Waals surface area contributed by atoms with Crippen LogP contribution in [0.25, 0.3) is 0 Å². The highest BCUT2D eigenvalue weighted by atomic mass is 16.3. The van der Waals surface area contributed by atoms with E-state index >= 15 is 0 Å². The Morgan fingerprint density at radius 1 is 0.571 bits per heavy atom. The molecule has 1 unspecified atom stereocenters. The normalized spacial score (nSPS) is 12.4. The predicted molar refractivity (Wildman–Crippen MR) is 122 cm³/mol. The molecule has 1 aromatic rings. The van der Waals surface area contributed by atoms with Gasteiger partial charge in [0, 0.05) is 0 Å². The molecule has 28 heavy (non-hydrogen) atoms. The molecular formula is C26H46O2. The molecule has 0 amide bonds. The molecule has 0 saturated carbocycles. The molecule has 0 spiro atoms. The fraction of sp³-hybridized carbons (Fsp3) is 0.769. The summed E-state index contributed by atoms with van der Waals surface area (Å²) in [5, 5.41) is 19.4. The molecule has 0 heterocycles. The van der Waals surface area contributed by atoms with Crippen molar-refractivity contribution >= 4 is 0 Å². The molecule has 1 atom stereocenters. The Kier molecular flexibility index (Phi) is 16.1. The number of benzene rings is 1. The van der Waals surface area contributed by atoms with Gasteiger partial charge in [-0.15, -0.1) is 0 Å². The quantitative estimate of drug-likeness (QED) is 0.232. The Labute approximate surface area is 174 Å². The van der Waals surface area contributed by atoms with Gasteiger partial charge in [-0.25, -0.2) is 0 Å². The first-order chi connectivity index (χ1) is 13.7. The van der Waals surface area contributed by atoms with Crippen molar-refractivity contribution in [2.45, 2.75) is 129 Å². The van der Waals surface area contributed by atoms with Gasteiger partial charge in [0.2, 0.25) is 0 Å². The molecule has 1 rings (SSSR count). The van der Waals surface area contributed by atoms with Crippen LogP contribution in [0.5, 0.6) is 5.75 Å². The van der Waals surface area contributed by atoms with E-state index in [1.54, 1.807) is 12.1 Å². The van der Waals surface area contributed by atoms with Crippen LogP contribution in [0, 0.1) is 0 Å². The van der Waals surface area contributed by atoms with Gasteiger partial charge in [-0.2, -0.15) is 0 Å². The molecule has 1 aromatic carbocycles. The number of rotatable bonds is 19. The Hall–Kier alpha value is -1.02. The molecule has 0 aromatic heterocycles. The van der Waals surface area contributed by atoms with Crippen molar-refractivity contribution in [2.75, 3.05) is 0 Å². The van der Waals surface area contributed by atoms with E-state index in [4.69, 9.17) is 0 Å². The second-order valence-corrected chi connectivity index (χ2v) is 8.55. The Morgan fingerprint density at radius 3 is 1.32 bits per heavy atom. The van der Waals surface area contributed by atoms with Crippen molar-refractivity contribution in [3.8, 4) is 5.75 Å². The van der Waals surface area contributed by atoms with Gasteiger partial charge >= 0.3 is 0 Å². The Balaban J connectivity index is 1.78. The molecule has 0 saturated heterocycles. The van der Waals surface area contributed by atoms with Gasteiger partial charge in [-0.05, 0) is 24.1 Å². The summed E-state index contributed by atoms with van der Waals surface area (Å²) in [4.78, 5) is 0. The smallest absolute Gasteiger partial charge is 0.115 e. The largest absolute Gasteiger partial charge is 0.508 e. The summed E-state index contributed by atoms with van der Waals surface area (Å²) in [5.74, 6) is 0.258. The summed E-state index contributed by atoms with van der Waals surface area (Å²) >= 11 is 0. The lowest BCUT2D eigenvalue weighted by atomic mass is 10.0. The van der Waals surface area contributed by atoms with Gasteiger partial charge < -0.3 is 10.2 Å². The zero-order valence-electron chi connectivity index (χ0n) is 18.5. The first kappa shape index (κ1) is 25.0. The van der Waals surface area contributed by atoms with E-state index in [1.807, 2.05) is 12.1 Å². The zero-order chi connectivity index (χ0) is 20.3. The molecule has 0 aliphatic heterocycles. The van der Waals surface area contributed by atoms with Crippen molar-refractivity contribution in [3.63, 3.8) is 0 Å². The van der Waals surface area contributed by atoms with E-state index in [2.05, 4.69) is 6.92 Å². The third kappa shape index (κ3) is 14.0. The number of phenols is 1. The van der Waals surface area contributed by atoms with Gasteiger partial charge in [0.15, 0.2) is 0 Å². The maximum Gasteiger partial charge on any atom is 0.115 e. The van der Waals surface area contributed by atoms with E-state index in [9.17, 15) is 10.2 Å². The molecule has 0 radical (unpaired) electrons. The third-order valence-electron chi connectivity index (χ3n) is 5.86. The van der Waals surface area contributed by atoms with Crippen molar-refractivity contribution in [2.24, 2.45) is 0 Å². The van der Waals surface area contributed by atoms with E-state index in [1.165, 1.54) is 103 Å². The minimum Gasteiger partial charge on any atom is -0.508 e. The van der Waals surface area contributed by atoms with Crippen LogP contribution in [0.4, 0.5) is 0 Å². The van der Waals surface area contributed by atoms with Gasteiger partial charge in [0.1, 0.15) is 5.75 Å². The standard InChI is InChI=1S/C26H46O2/c1-2-3-4-5-6-7-8-9-10-11-12-13-14-15-16-17-18-19-26(28)24-20-22-25(27)23-21-24/h20-23,26-28H,2-19H2,1H3. The number of phenolic OH excluding ortho intramolecular Hbond substituents is 1. The molecule has 2 nitrogen and oxygen atoms in total. The van der Waals surface area contributed by atoms with Crippen LogP contribution < -0.4 is 0 Å². The monoisotopic (exact) mass is 390 g/mol. The second kappa shape index (κ2) is 18.0. The Morgan fingerprint density at radius 2 is 0.929 bits per heavy atom. The van der Waals surface area contributed by atoms with Gasteiger partial charge in [0.05, 0.1) is 6.10 Å². The van der Waals surface area contributed by atoms with Crippen LogP contribution in [-0.4, -0.2) is 10.2 Å². The molecule has 2 N–H and O–H groups in total. The van der Waals surface area contributed by atoms with Crippen LogP contribution in [0.15, 0.2) is 24.3 Å². The van der Waals surface area contributed by atoms with Crippen molar-refractivity contribution in [1.29, 1.82) is 0 Å². The number of aromatic hydroxyl groups is 1. The molecule has 0 aliphatic rings. The molecule has 162 valence electrons. The van der Waals surface area contributed by atoms with Crippen LogP contribution in [0.2, 0.25) is 0 Å². The first-order valence-electron chi connectivity index (χ1n) is 12.2. The van der Waals surface area contributed by atoms with Gasteiger partial charge in [-0.3, -0.25) is 0 Å². The summed E-state index contributed by atoms with van der Waals surface area (Å²) in [7, 11) is 0. The molecule has 0 fully saturated rings. The van der Waals surface area contributed by atoms with Crippen LogP contribution in [0.1, 0.15) is 134 Å². The van der Waals surface area contributed by atoms with E-state index in [-0.39, 0.29) is 5.75 Å². The summed E-state index contributed by atoms with van der Waals surface area (Å²) in [6.07, 6.45) is 23.9. The third-order valence-corrected chi connectivity index (χ3v) is 5.86. The minimum atomic E-state index is -0.392. The summed E-state index contributed by atoms with van der Waals surface area (Å²) in [6.45, 7) is 2.28. The molecule has 0 aliphatic carbocycles. The SMILES string of the molecule is CCCCCCCCCCCCCCCCCCCC(O)c1ccc(O)cc1. The molecule has 0 bridgehead atoms. The topological polar surface area (TPSA) is 40.5 Å². The maximum absolute atomic E-state index is 10.2. The fourth-order valence-corrected chi connectivity index (χ4v) is 3.93. The average Bonchev–Trinajstić information content (AvgIpc) is 2.70. The van der Waals surface area contributed by atoms with Gasteiger partial charge in [0.25, 0.3) is 0 Å². The molecule has 2 heteroatoms. The van der Waals surface area contributed by atoms with E-state index in [0.29, 0.717) is 0 Å².